The second kappa shape index (κ2) is 3.87. The quantitative estimate of drug-likeness (QED) is 0.822. The first-order valence-electron chi connectivity index (χ1n) is 5.78. The van der Waals surface area contributed by atoms with Gasteiger partial charge in [0.1, 0.15) is 11.5 Å². The van der Waals surface area contributed by atoms with E-state index >= 15 is 0 Å². The van der Waals surface area contributed by atoms with Crippen molar-refractivity contribution in [2.45, 2.75) is 25.7 Å². The molecule has 1 aliphatic carbocycles. The van der Waals surface area contributed by atoms with E-state index in [9.17, 15) is 4.39 Å². The molecule has 1 heterocycles. The van der Waals surface area contributed by atoms with Crippen LogP contribution < -0.4 is 5.73 Å². The Kier molecular flexibility index (Phi) is 2.35. The standard InChI is InChI=1S/C13H13FN2O/c14-11-6-9-4-2-1-3-8(9)5-10(11)12-7-13(15)17-16-12/h5-7H,1-4,15H2. The van der Waals surface area contributed by atoms with Crippen molar-refractivity contribution in [1.82, 2.24) is 5.16 Å². The summed E-state index contributed by atoms with van der Waals surface area (Å²) >= 11 is 0. The van der Waals surface area contributed by atoms with Crippen molar-refractivity contribution in [2.75, 3.05) is 5.73 Å². The summed E-state index contributed by atoms with van der Waals surface area (Å²) in [6.07, 6.45) is 4.28. The lowest BCUT2D eigenvalue weighted by atomic mass is 9.89. The van der Waals surface area contributed by atoms with E-state index in [1.807, 2.05) is 6.07 Å². The number of halogens is 1. The average molecular weight is 232 g/mol. The fraction of sp³-hybridized carbons (Fsp3) is 0.308. The van der Waals surface area contributed by atoms with Gasteiger partial charge in [-0.2, -0.15) is 0 Å². The lowest BCUT2D eigenvalue weighted by Gasteiger charge is -2.16. The van der Waals surface area contributed by atoms with Crippen LogP contribution >= 0.6 is 0 Å². The molecular formula is C13H13FN2O. The summed E-state index contributed by atoms with van der Waals surface area (Å²) in [5.74, 6) is -0.0453. The molecule has 17 heavy (non-hydrogen) atoms. The first-order valence-corrected chi connectivity index (χ1v) is 5.78. The van der Waals surface area contributed by atoms with Crippen molar-refractivity contribution < 1.29 is 8.91 Å². The number of nitrogens with two attached hydrogens (primary N) is 1. The molecule has 2 N–H and O–H groups in total. The monoisotopic (exact) mass is 232 g/mol. The third kappa shape index (κ3) is 1.79. The highest BCUT2D eigenvalue weighted by atomic mass is 19.1. The van der Waals surface area contributed by atoms with E-state index in [2.05, 4.69) is 5.16 Å². The number of rotatable bonds is 1. The molecule has 4 heteroatoms. The van der Waals surface area contributed by atoms with Crippen molar-refractivity contribution in [2.24, 2.45) is 0 Å². The van der Waals surface area contributed by atoms with Crippen LogP contribution in [0.15, 0.2) is 22.7 Å². The number of aryl methyl sites for hydroxylation is 2. The molecule has 0 radical (unpaired) electrons. The number of hydrogen-bond acceptors (Lipinski definition) is 3. The van der Waals surface area contributed by atoms with Crippen molar-refractivity contribution in [3.8, 4) is 11.3 Å². The fourth-order valence-electron chi connectivity index (χ4n) is 2.37. The Bertz CT molecular complexity index is 563. The molecule has 88 valence electrons. The van der Waals surface area contributed by atoms with E-state index in [0.29, 0.717) is 11.3 Å². The molecule has 3 rings (SSSR count). The van der Waals surface area contributed by atoms with Crippen LogP contribution in [0.1, 0.15) is 24.0 Å². The maximum Gasteiger partial charge on any atom is 0.222 e. The Morgan fingerprint density at radius 3 is 2.47 bits per heavy atom. The van der Waals surface area contributed by atoms with Crippen molar-refractivity contribution in [1.29, 1.82) is 0 Å². The van der Waals surface area contributed by atoms with Gasteiger partial charge in [0.05, 0.1) is 0 Å². The summed E-state index contributed by atoms with van der Waals surface area (Å²) in [5.41, 5.74) is 8.73. The first kappa shape index (κ1) is 10.3. The number of nitrogen functional groups attached to an aromatic ring is 1. The highest BCUT2D eigenvalue weighted by molar-refractivity contribution is 5.63. The zero-order valence-corrected chi connectivity index (χ0v) is 9.37. The Morgan fingerprint density at radius 1 is 1.12 bits per heavy atom. The normalized spacial score (nSPS) is 14.6. The molecule has 1 aromatic heterocycles. The van der Waals surface area contributed by atoms with E-state index in [4.69, 9.17) is 10.3 Å². The molecule has 1 aromatic carbocycles. The minimum Gasteiger partial charge on any atom is -0.368 e. The minimum atomic E-state index is -0.251. The highest BCUT2D eigenvalue weighted by Crippen LogP contribution is 2.30. The van der Waals surface area contributed by atoms with E-state index in [0.717, 1.165) is 24.8 Å². The van der Waals surface area contributed by atoms with Gasteiger partial charge < -0.3 is 10.3 Å². The number of anilines is 1. The van der Waals surface area contributed by atoms with Gasteiger partial charge in [-0.3, -0.25) is 0 Å². The van der Waals surface area contributed by atoms with Gasteiger partial charge in [0.25, 0.3) is 0 Å². The molecule has 0 atom stereocenters. The molecule has 3 nitrogen and oxygen atoms in total. The zero-order chi connectivity index (χ0) is 11.8. The third-order valence-corrected chi connectivity index (χ3v) is 3.24. The van der Waals surface area contributed by atoms with E-state index in [1.165, 1.54) is 12.0 Å². The summed E-state index contributed by atoms with van der Waals surface area (Å²) < 4.78 is 18.7. The molecule has 0 aliphatic heterocycles. The van der Waals surface area contributed by atoms with Crippen molar-refractivity contribution in [3.63, 3.8) is 0 Å². The summed E-state index contributed by atoms with van der Waals surface area (Å²) in [6, 6.07) is 5.05. The molecule has 2 aromatic rings. The van der Waals surface area contributed by atoms with Crippen LogP contribution in [0, 0.1) is 5.82 Å². The van der Waals surface area contributed by atoms with Gasteiger partial charge in [-0.05, 0) is 48.9 Å². The smallest absolute Gasteiger partial charge is 0.222 e. The van der Waals surface area contributed by atoms with Crippen LogP contribution in [0.25, 0.3) is 11.3 Å². The zero-order valence-electron chi connectivity index (χ0n) is 9.37. The molecule has 0 saturated carbocycles. The molecule has 0 bridgehead atoms. The van der Waals surface area contributed by atoms with Crippen LogP contribution in [0.5, 0.6) is 0 Å². The Morgan fingerprint density at radius 2 is 1.82 bits per heavy atom. The maximum absolute atomic E-state index is 14.0. The fourth-order valence-corrected chi connectivity index (χ4v) is 2.37. The van der Waals surface area contributed by atoms with Crippen LogP contribution in [0.4, 0.5) is 10.3 Å². The second-order valence-corrected chi connectivity index (χ2v) is 4.42. The first-order chi connectivity index (χ1) is 8.24. The number of benzene rings is 1. The third-order valence-electron chi connectivity index (χ3n) is 3.24. The summed E-state index contributed by atoms with van der Waals surface area (Å²) in [6.45, 7) is 0. The molecular weight excluding hydrogens is 219 g/mol. The molecule has 0 spiro atoms. The van der Waals surface area contributed by atoms with Gasteiger partial charge >= 0.3 is 0 Å². The predicted molar refractivity (Wildman–Crippen MR) is 63.0 cm³/mol. The SMILES string of the molecule is Nc1cc(-c2cc3c(cc2F)CCCC3)no1. The van der Waals surface area contributed by atoms with Gasteiger partial charge in [0.15, 0.2) is 0 Å². The van der Waals surface area contributed by atoms with Crippen LogP contribution in [-0.4, -0.2) is 5.16 Å². The van der Waals surface area contributed by atoms with Crippen molar-refractivity contribution >= 4 is 5.88 Å². The van der Waals surface area contributed by atoms with Gasteiger partial charge in [-0.15, -0.1) is 0 Å². The Hall–Kier alpha value is -1.84. The summed E-state index contributed by atoms with van der Waals surface area (Å²) in [4.78, 5) is 0. The van der Waals surface area contributed by atoms with E-state index in [-0.39, 0.29) is 11.7 Å². The highest BCUT2D eigenvalue weighted by Gasteiger charge is 2.16. The molecule has 0 unspecified atom stereocenters. The van der Waals surface area contributed by atoms with Gasteiger partial charge in [-0.1, -0.05) is 5.16 Å². The van der Waals surface area contributed by atoms with E-state index in [1.54, 1.807) is 12.1 Å². The van der Waals surface area contributed by atoms with Crippen molar-refractivity contribution in [3.05, 3.63) is 35.1 Å². The molecule has 0 saturated heterocycles. The van der Waals surface area contributed by atoms with Gasteiger partial charge in [0, 0.05) is 11.6 Å². The molecule has 0 fully saturated rings. The maximum atomic E-state index is 14.0. The topological polar surface area (TPSA) is 52.0 Å². The number of aromatic nitrogens is 1. The predicted octanol–water partition coefficient (Wildman–Crippen LogP) is 2.94. The number of hydrogen-bond donors (Lipinski definition) is 1. The van der Waals surface area contributed by atoms with Gasteiger partial charge in [0.2, 0.25) is 5.88 Å². The molecule has 1 aliphatic rings. The average Bonchev–Trinajstić information content (AvgIpc) is 2.75. The number of nitrogens with zero attached hydrogens (tertiary/aromatic N) is 1. The Labute approximate surface area is 98.4 Å². The minimum absolute atomic E-state index is 0.206. The molecule has 0 amide bonds. The van der Waals surface area contributed by atoms with Crippen LogP contribution in [0.3, 0.4) is 0 Å². The summed E-state index contributed by atoms with van der Waals surface area (Å²) in [7, 11) is 0. The van der Waals surface area contributed by atoms with E-state index < -0.39 is 0 Å². The Balaban J connectivity index is 2.11. The second-order valence-electron chi connectivity index (χ2n) is 4.42. The largest absolute Gasteiger partial charge is 0.368 e. The summed E-state index contributed by atoms with van der Waals surface area (Å²) in [5, 5.41) is 3.76. The van der Waals surface area contributed by atoms with Crippen LogP contribution in [0.2, 0.25) is 0 Å². The van der Waals surface area contributed by atoms with Crippen LogP contribution in [-0.2, 0) is 12.8 Å². The lowest BCUT2D eigenvalue weighted by Crippen LogP contribution is -2.04. The number of fused-ring (bicyclic) bond motifs is 1. The van der Waals surface area contributed by atoms with Gasteiger partial charge in [-0.25, -0.2) is 4.39 Å². The lowest BCUT2D eigenvalue weighted by molar-refractivity contribution is 0.438.